The number of aryl methyl sites for hydroxylation is 1. The second-order valence-electron chi connectivity index (χ2n) is 7.45. The van der Waals surface area contributed by atoms with Crippen LogP contribution < -0.4 is 9.62 Å². The molecule has 1 heterocycles. The Morgan fingerprint density at radius 1 is 1.07 bits per heavy atom. The summed E-state index contributed by atoms with van der Waals surface area (Å²) < 4.78 is 28.3. The molecule has 0 saturated heterocycles. The van der Waals surface area contributed by atoms with Gasteiger partial charge in [-0.05, 0) is 73.9 Å². The Hall–Kier alpha value is -2.83. The number of anilines is 2. The van der Waals surface area contributed by atoms with Gasteiger partial charge < -0.3 is 4.90 Å². The van der Waals surface area contributed by atoms with Crippen LogP contribution in [0.15, 0.2) is 71.6 Å². The third-order valence-electron chi connectivity index (χ3n) is 5.24. The largest absolute Gasteiger partial charge is 0.305 e. The minimum atomic E-state index is -3.78. The minimum absolute atomic E-state index is 0.0606. The van der Waals surface area contributed by atoms with Gasteiger partial charge in [0.2, 0.25) is 0 Å². The molecule has 1 aliphatic heterocycles. The summed E-state index contributed by atoms with van der Waals surface area (Å²) in [5.74, 6) is -0.0927. The average molecular weight is 441 g/mol. The van der Waals surface area contributed by atoms with Crippen molar-refractivity contribution in [2.45, 2.75) is 31.2 Å². The highest BCUT2D eigenvalue weighted by molar-refractivity contribution is 7.92. The van der Waals surface area contributed by atoms with Crippen LogP contribution in [-0.4, -0.2) is 20.4 Å². The number of hydrogen-bond donors (Lipinski definition) is 1. The third-order valence-corrected chi connectivity index (χ3v) is 7.03. The summed E-state index contributed by atoms with van der Waals surface area (Å²) in [6.45, 7) is 3.81. The van der Waals surface area contributed by atoms with Gasteiger partial charge in [0.05, 0.1) is 10.6 Å². The third kappa shape index (κ3) is 3.80. The maximum atomic E-state index is 13.0. The molecule has 1 N–H and O–H groups in total. The maximum Gasteiger partial charge on any atom is 0.261 e. The van der Waals surface area contributed by atoms with E-state index in [9.17, 15) is 13.2 Å². The van der Waals surface area contributed by atoms with Gasteiger partial charge in [-0.25, -0.2) is 8.42 Å². The van der Waals surface area contributed by atoms with Crippen molar-refractivity contribution in [2.75, 3.05) is 9.62 Å². The zero-order valence-electron chi connectivity index (χ0n) is 16.6. The van der Waals surface area contributed by atoms with Crippen LogP contribution in [0, 0.1) is 6.92 Å². The molecular weight excluding hydrogens is 420 g/mol. The van der Waals surface area contributed by atoms with E-state index in [4.69, 9.17) is 11.6 Å². The van der Waals surface area contributed by atoms with Crippen LogP contribution >= 0.6 is 11.6 Å². The van der Waals surface area contributed by atoms with Gasteiger partial charge in [-0.2, -0.15) is 0 Å². The number of nitrogens with zero attached hydrogens (tertiary/aromatic N) is 1. The van der Waals surface area contributed by atoms with E-state index in [1.54, 1.807) is 47.4 Å². The number of halogens is 1. The van der Waals surface area contributed by atoms with Crippen LogP contribution in [0.4, 0.5) is 11.4 Å². The second kappa shape index (κ2) is 7.78. The van der Waals surface area contributed by atoms with Crippen molar-refractivity contribution in [3.05, 3.63) is 88.4 Å². The van der Waals surface area contributed by atoms with E-state index in [0.717, 1.165) is 16.8 Å². The number of rotatable bonds is 4. The number of amides is 1. The van der Waals surface area contributed by atoms with Crippen molar-refractivity contribution in [2.24, 2.45) is 0 Å². The first-order valence-electron chi connectivity index (χ1n) is 9.57. The lowest BCUT2D eigenvalue weighted by molar-refractivity contribution is 0.0981. The van der Waals surface area contributed by atoms with Crippen molar-refractivity contribution in [3.63, 3.8) is 0 Å². The highest BCUT2D eigenvalue weighted by atomic mass is 35.5. The molecule has 30 heavy (non-hydrogen) atoms. The van der Waals surface area contributed by atoms with Gasteiger partial charge >= 0.3 is 0 Å². The fourth-order valence-electron chi connectivity index (χ4n) is 3.67. The Balaban J connectivity index is 1.63. The number of sulfonamides is 1. The van der Waals surface area contributed by atoms with Crippen LogP contribution in [0.3, 0.4) is 0 Å². The van der Waals surface area contributed by atoms with E-state index in [0.29, 0.717) is 22.7 Å². The van der Waals surface area contributed by atoms with Gasteiger partial charge in [0.25, 0.3) is 15.9 Å². The zero-order chi connectivity index (χ0) is 21.5. The van der Waals surface area contributed by atoms with Crippen molar-refractivity contribution in [3.8, 4) is 0 Å². The molecule has 0 bridgehead atoms. The Morgan fingerprint density at radius 2 is 1.80 bits per heavy atom. The number of hydrogen-bond acceptors (Lipinski definition) is 3. The number of nitrogens with one attached hydrogen (secondary N) is 1. The van der Waals surface area contributed by atoms with Crippen molar-refractivity contribution in [1.29, 1.82) is 0 Å². The Labute approximate surface area is 181 Å². The molecule has 0 aromatic heterocycles. The quantitative estimate of drug-likeness (QED) is 0.618. The molecule has 0 aliphatic carbocycles. The molecule has 1 aliphatic rings. The summed E-state index contributed by atoms with van der Waals surface area (Å²) in [4.78, 5) is 14.9. The van der Waals surface area contributed by atoms with Crippen LogP contribution in [0.1, 0.15) is 28.4 Å². The zero-order valence-corrected chi connectivity index (χ0v) is 18.2. The number of carbonyl (C=O) groups is 1. The SMILES string of the molecule is Cc1ccc(NS(=O)(=O)c2ccc3c(c2)C[C@@H](C)N3C(=O)c2ccccc2)cc1Cl. The van der Waals surface area contributed by atoms with Crippen LogP contribution in [0.5, 0.6) is 0 Å². The predicted octanol–water partition coefficient (Wildman–Crippen LogP) is 5.04. The number of fused-ring (bicyclic) bond motifs is 1. The van der Waals surface area contributed by atoms with Gasteiger partial charge in [-0.15, -0.1) is 0 Å². The van der Waals surface area contributed by atoms with E-state index in [2.05, 4.69) is 4.72 Å². The average Bonchev–Trinajstić information content (AvgIpc) is 3.05. The summed E-state index contributed by atoms with van der Waals surface area (Å²) in [6, 6.07) is 18.9. The van der Waals surface area contributed by atoms with E-state index < -0.39 is 10.0 Å². The van der Waals surface area contributed by atoms with Gasteiger partial charge in [-0.1, -0.05) is 35.9 Å². The first kappa shape index (κ1) is 20.4. The summed E-state index contributed by atoms with van der Waals surface area (Å²) in [6.07, 6.45) is 0.591. The molecule has 0 spiro atoms. The standard InChI is InChI=1S/C23H21ClN2O3S/c1-15-8-9-19(14-21(15)24)25-30(28,29)20-10-11-22-18(13-20)12-16(2)26(22)23(27)17-6-4-3-5-7-17/h3-11,13-14,16,25H,12H2,1-2H3/t16-/m1/s1. The Bertz CT molecular complexity index is 1230. The van der Waals surface area contributed by atoms with Crippen LogP contribution in [-0.2, 0) is 16.4 Å². The molecule has 5 nitrogen and oxygen atoms in total. The fourth-order valence-corrected chi connectivity index (χ4v) is 4.95. The molecule has 3 aromatic carbocycles. The molecule has 0 fully saturated rings. The van der Waals surface area contributed by atoms with E-state index in [-0.39, 0.29) is 16.8 Å². The molecule has 4 rings (SSSR count). The predicted molar refractivity (Wildman–Crippen MR) is 120 cm³/mol. The summed E-state index contributed by atoms with van der Waals surface area (Å²) in [5, 5.41) is 0.494. The van der Waals surface area contributed by atoms with E-state index >= 15 is 0 Å². The highest BCUT2D eigenvalue weighted by Crippen LogP contribution is 2.35. The molecular formula is C23H21ClN2O3S. The molecule has 0 radical (unpaired) electrons. The van der Waals surface area contributed by atoms with Gasteiger partial charge in [0.1, 0.15) is 0 Å². The Morgan fingerprint density at radius 3 is 2.50 bits per heavy atom. The van der Waals surface area contributed by atoms with Crippen LogP contribution in [0.25, 0.3) is 0 Å². The lowest BCUT2D eigenvalue weighted by atomic mass is 10.1. The first-order chi connectivity index (χ1) is 14.3. The molecule has 1 atom stereocenters. The molecule has 3 aromatic rings. The van der Waals surface area contributed by atoms with E-state index in [1.165, 1.54) is 6.07 Å². The summed E-state index contributed by atoms with van der Waals surface area (Å²) in [7, 11) is -3.78. The number of carbonyl (C=O) groups excluding carboxylic acids is 1. The second-order valence-corrected chi connectivity index (χ2v) is 9.54. The minimum Gasteiger partial charge on any atom is -0.305 e. The van der Waals surface area contributed by atoms with Gasteiger partial charge in [-0.3, -0.25) is 9.52 Å². The monoisotopic (exact) mass is 440 g/mol. The van der Waals surface area contributed by atoms with Crippen molar-refractivity contribution >= 4 is 38.9 Å². The summed E-state index contributed by atoms with van der Waals surface area (Å²) in [5.41, 5.74) is 3.45. The molecule has 0 unspecified atom stereocenters. The lowest BCUT2D eigenvalue weighted by Crippen LogP contribution is -2.35. The normalized spacial score (nSPS) is 15.7. The van der Waals surface area contributed by atoms with Crippen molar-refractivity contribution < 1.29 is 13.2 Å². The van der Waals surface area contributed by atoms with Gasteiger partial charge in [0, 0.05) is 22.3 Å². The highest BCUT2D eigenvalue weighted by Gasteiger charge is 2.32. The number of benzene rings is 3. The van der Waals surface area contributed by atoms with Gasteiger partial charge in [0.15, 0.2) is 0 Å². The smallest absolute Gasteiger partial charge is 0.261 e. The summed E-state index contributed by atoms with van der Waals surface area (Å²) >= 11 is 6.11. The molecule has 1 amide bonds. The van der Waals surface area contributed by atoms with Crippen molar-refractivity contribution in [1.82, 2.24) is 0 Å². The lowest BCUT2D eigenvalue weighted by Gasteiger charge is -2.23. The fraction of sp³-hybridized carbons (Fsp3) is 0.174. The topological polar surface area (TPSA) is 66.5 Å². The maximum absolute atomic E-state index is 13.0. The van der Waals surface area contributed by atoms with E-state index in [1.807, 2.05) is 32.0 Å². The first-order valence-corrected chi connectivity index (χ1v) is 11.4. The molecule has 0 saturated carbocycles. The van der Waals surface area contributed by atoms with Crippen LogP contribution in [0.2, 0.25) is 5.02 Å². The Kier molecular flexibility index (Phi) is 5.30. The molecule has 7 heteroatoms. The molecule has 154 valence electrons.